The predicted molar refractivity (Wildman–Crippen MR) is 106 cm³/mol. The summed E-state index contributed by atoms with van der Waals surface area (Å²) in [5.41, 5.74) is 4.45. The van der Waals surface area contributed by atoms with Crippen molar-refractivity contribution >= 4 is 28.1 Å². The van der Waals surface area contributed by atoms with Gasteiger partial charge < -0.3 is 10.3 Å². The summed E-state index contributed by atoms with van der Waals surface area (Å²) in [5, 5.41) is 6.27. The number of aromatic amines is 1. The molecule has 0 spiro atoms. The summed E-state index contributed by atoms with van der Waals surface area (Å²) in [5.74, 6) is 0.124. The van der Waals surface area contributed by atoms with Gasteiger partial charge in [-0.3, -0.25) is 4.79 Å². The molecular weight excluding hydrogens is 328 g/mol. The fourth-order valence-electron chi connectivity index (χ4n) is 3.29. The fraction of sp³-hybridized carbons (Fsp3) is 0.381. The van der Waals surface area contributed by atoms with Gasteiger partial charge in [0.05, 0.1) is 6.42 Å². The molecule has 0 bridgehead atoms. The number of benzene rings is 1. The average Bonchev–Trinajstić information content (AvgIpc) is 3.32. The van der Waals surface area contributed by atoms with E-state index in [0.717, 1.165) is 17.8 Å². The maximum absolute atomic E-state index is 11.2. The van der Waals surface area contributed by atoms with Crippen LogP contribution in [0.5, 0.6) is 0 Å². The largest absolute Gasteiger partial charge is 0.361 e. The first-order chi connectivity index (χ1) is 12.3. The Morgan fingerprint density at radius 3 is 2.88 bits per heavy atom. The van der Waals surface area contributed by atoms with Crippen LogP contribution in [0.4, 0.5) is 0 Å². The molecule has 3 aromatic rings. The zero-order chi connectivity index (χ0) is 17.5. The molecular formula is C21H26N2OS. The summed E-state index contributed by atoms with van der Waals surface area (Å²) in [7, 11) is 0. The number of hydrogen-bond donors (Lipinski definition) is 2. The molecule has 0 radical (unpaired) electrons. The molecule has 1 amide bonds. The molecule has 2 heterocycles. The third kappa shape index (κ3) is 4.73. The lowest BCUT2D eigenvalue weighted by Gasteiger charge is -2.16. The van der Waals surface area contributed by atoms with E-state index in [4.69, 9.17) is 0 Å². The van der Waals surface area contributed by atoms with Gasteiger partial charge in [-0.15, -0.1) is 11.3 Å². The number of nitrogens with one attached hydrogen (secondary N) is 2. The molecule has 0 fully saturated rings. The highest BCUT2D eigenvalue weighted by Crippen LogP contribution is 2.28. The molecule has 0 saturated heterocycles. The molecule has 4 rings (SSSR count). The van der Waals surface area contributed by atoms with Gasteiger partial charge in [0.15, 0.2) is 0 Å². The first-order valence-corrected chi connectivity index (χ1v) is 10.0. The van der Waals surface area contributed by atoms with E-state index in [1.807, 2.05) is 30.6 Å². The minimum atomic E-state index is 0.124. The van der Waals surface area contributed by atoms with Crippen LogP contribution in [-0.4, -0.2) is 17.4 Å². The van der Waals surface area contributed by atoms with Crippen molar-refractivity contribution in [3.63, 3.8) is 0 Å². The average molecular weight is 355 g/mol. The third-order valence-electron chi connectivity index (χ3n) is 4.55. The molecule has 3 nitrogen and oxygen atoms in total. The number of amides is 1. The number of aryl methyl sites for hydroxylation is 2. The van der Waals surface area contributed by atoms with Crippen LogP contribution in [0.2, 0.25) is 0 Å². The predicted octanol–water partition coefficient (Wildman–Crippen LogP) is 4.86. The molecule has 2 aromatic heterocycles. The van der Waals surface area contributed by atoms with Gasteiger partial charge in [-0.2, -0.15) is 0 Å². The Morgan fingerprint density at radius 2 is 2.08 bits per heavy atom. The van der Waals surface area contributed by atoms with E-state index in [2.05, 4.69) is 28.5 Å². The van der Waals surface area contributed by atoms with E-state index < -0.39 is 0 Å². The van der Waals surface area contributed by atoms with Crippen molar-refractivity contribution in [2.24, 2.45) is 0 Å². The highest BCUT2D eigenvalue weighted by Gasteiger charge is 2.11. The number of rotatable bonds is 4. The van der Waals surface area contributed by atoms with Gasteiger partial charge in [-0.25, -0.2) is 0 Å². The first kappa shape index (κ1) is 17.7. The molecule has 1 aromatic carbocycles. The number of thiophene rings is 1. The minimum Gasteiger partial charge on any atom is -0.361 e. The van der Waals surface area contributed by atoms with Crippen LogP contribution in [0.15, 0.2) is 41.9 Å². The van der Waals surface area contributed by atoms with Gasteiger partial charge in [0, 0.05) is 28.5 Å². The molecule has 25 heavy (non-hydrogen) atoms. The van der Waals surface area contributed by atoms with Crippen molar-refractivity contribution in [1.29, 1.82) is 0 Å². The van der Waals surface area contributed by atoms with Gasteiger partial charge in [0.1, 0.15) is 0 Å². The lowest BCUT2D eigenvalue weighted by molar-refractivity contribution is -0.120. The zero-order valence-corrected chi connectivity index (χ0v) is 15.6. The molecule has 0 saturated carbocycles. The molecule has 132 valence electrons. The Bertz CT molecular complexity index is 805. The van der Waals surface area contributed by atoms with Gasteiger partial charge in [0.2, 0.25) is 5.91 Å². The number of hydrogen-bond acceptors (Lipinski definition) is 2. The highest BCUT2D eigenvalue weighted by atomic mass is 32.1. The van der Waals surface area contributed by atoms with Crippen LogP contribution in [0.3, 0.4) is 0 Å². The summed E-state index contributed by atoms with van der Waals surface area (Å²) < 4.78 is 0. The SMILES string of the molecule is CCCNC(=O)Cc1cccs1.c1cc2c3c(ccc2[nH]1)CCCC3. The van der Waals surface area contributed by atoms with Gasteiger partial charge in [0.25, 0.3) is 0 Å². The van der Waals surface area contributed by atoms with Crippen LogP contribution in [-0.2, 0) is 24.1 Å². The zero-order valence-electron chi connectivity index (χ0n) is 14.8. The van der Waals surface area contributed by atoms with Crippen molar-refractivity contribution in [3.05, 3.63) is 57.9 Å². The van der Waals surface area contributed by atoms with Crippen LogP contribution >= 0.6 is 11.3 Å². The van der Waals surface area contributed by atoms with E-state index in [-0.39, 0.29) is 5.91 Å². The monoisotopic (exact) mass is 354 g/mol. The van der Waals surface area contributed by atoms with E-state index in [9.17, 15) is 4.79 Å². The Hall–Kier alpha value is -2.07. The van der Waals surface area contributed by atoms with Crippen molar-refractivity contribution in [1.82, 2.24) is 10.3 Å². The number of H-pyrrole nitrogens is 1. The molecule has 2 N–H and O–H groups in total. The maximum atomic E-state index is 11.2. The van der Waals surface area contributed by atoms with E-state index in [1.54, 1.807) is 22.5 Å². The molecule has 0 atom stereocenters. The van der Waals surface area contributed by atoms with Crippen LogP contribution in [0.1, 0.15) is 42.2 Å². The normalized spacial score (nSPS) is 13.0. The number of carbonyl (C=O) groups excluding carboxylic acids is 1. The summed E-state index contributed by atoms with van der Waals surface area (Å²) >= 11 is 1.62. The lowest BCUT2D eigenvalue weighted by Crippen LogP contribution is -2.25. The van der Waals surface area contributed by atoms with Crippen molar-refractivity contribution in [2.75, 3.05) is 6.54 Å². The standard InChI is InChI=1S/C12H13N.C9H13NOS/c1-2-4-10-9(3-1)5-6-12-11(10)7-8-13-12;1-2-5-10-9(11)7-8-4-3-6-12-8/h5-8,13H,1-4H2;3-4,6H,2,5,7H2,1H3,(H,10,11). The third-order valence-corrected chi connectivity index (χ3v) is 5.43. The number of fused-ring (bicyclic) bond motifs is 3. The quantitative estimate of drug-likeness (QED) is 0.690. The van der Waals surface area contributed by atoms with Crippen molar-refractivity contribution in [2.45, 2.75) is 45.4 Å². The van der Waals surface area contributed by atoms with Crippen LogP contribution in [0.25, 0.3) is 10.9 Å². The number of carbonyl (C=O) groups is 1. The fourth-order valence-corrected chi connectivity index (χ4v) is 3.99. The van der Waals surface area contributed by atoms with Crippen LogP contribution in [0, 0.1) is 0 Å². The molecule has 0 unspecified atom stereocenters. The van der Waals surface area contributed by atoms with E-state index >= 15 is 0 Å². The molecule has 1 aliphatic rings. The topological polar surface area (TPSA) is 44.9 Å². The van der Waals surface area contributed by atoms with Gasteiger partial charge in [-0.1, -0.05) is 19.1 Å². The van der Waals surface area contributed by atoms with E-state index in [1.165, 1.54) is 36.6 Å². The smallest absolute Gasteiger partial charge is 0.225 e. The summed E-state index contributed by atoms with van der Waals surface area (Å²) in [6.07, 6.45) is 8.83. The highest BCUT2D eigenvalue weighted by molar-refractivity contribution is 7.10. The van der Waals surface area contributed by atoms with Crippen LogP contribution < -0.4 is 5.32 Å². The Balaban J connectivity index is 0.000000147. The first-order valence-electron chi connectivity index (χ1n) is 9.15. The Morgan fingerprint density at radius 1 is 1.20 bits per heavy atom. The summed E-state index contributed by atoms with van der Waals surface area (Å²) in [6.45, 7) is 2.83. The molecule has 1 aliphatic carbocycles. The Kier molecular flexibility index (Phi) is 6.29. The minimum absolute atomic E-state index is 0.124. The van der Waals surface area contributed by atoms with Crippen molar-refractivity contribution in [3.8, 4) is 0 Å². The number of aromatic nitrogens is 1. The lowest BCUT2D eigenvalue weighted by atomic mass is 9.89. The maximum Gasteiger partial charge on any atom is 0.225 e. The second-order valence-electron chi connectivity index (χ2n) is 6.46. The molecule has 0 aliphatic heterocycles. The van der Waals surface area contributed by atoms with Gasteiger partial charge in [-0.05, 0) is 66.8 Å². The summed E-state index contributed by atoms with van der Waals surface area (Å²) in [4.78, 5) is 15.6. The van der Waals surface area contributed by atoms with Crippen molar-refractivity contribution < 1.29 is 4.79 Å². The Labute approximate surface area is 153 Å². The summed E-state index contributed by atoms with van der Waals surface area (Å²) in [6, 6.07) is 10.6. The second-order valence-corrected chi connectivity index (χ2v) is 7.49. The van der Waals surface area contributed by atoms with E-state index in [0.29, 0.717) is 6.42 Å². The van der Waals surface area contributed by atoms with Gasteiger partial charge >= 0.3 is 0 Å². The second kappa shape index (κ2) is 8.86. The molecule has 4 heteroatoms.